The zero-order chi connectivity index (χ0) is 10.1. The first-order valence-corrected chi connectivity index (χ1v) is 5.11. The molecule has 0 bridgehead atoms. The van der Waals surface area contributed by atoms with Gasteiger partial charge in [0.05, 0.1) is 4.92 Å². The van der Waals surface area contributed by atoms with Crippen molar-refractivity contribution in [2.24, 2.45) is 0 Å². The molecule has 0 saturated heterocycles. The van der Waals surface area contributed by atoms with Crippen molar-refractivity contribution >= 4 is 15.5 Å². The Labute approximate surface area is 74.3 Å². The van der Waals surface area contributed by atoms with E-state index >= 15 is 0 Å². The zero-order valence-electron chi connectivity index (χ0n) is 6.67. The summed E-state index contributed by atoms with van der Waals surface area (Å²) in [4.78, 5) is 13.0. The van der Waals surface area contributed by atoms with Crippen molar-refractivity contribution in [1.29, 1.82) is 0 Å². The first kappa shape index (κ1) is 9.59. The summed E-state index contributed by atoms with van der Waals surface area (Å²) >= 11 is 0. The second-order valence-electron chi connectivity index (χ2n) is 2.36. The Kier molecular flexibility index (Phi) is 2.28. The number of hydrogen-bond acceptors (Lipinski definition) is 5. The molecule has 1 heterocycles. The van der Waals surface area contributed by atoms with Crippen LogP contribution in [0.2, 0.25) is 0 Å². The standard InChI is InChI=1S/C6H6N2O4S/c1-13(11,12)6-5(8(9)10)3-2-4-7-6/h2-4H,1H3. The molecular weight excluding hydrogens is 196 g/mol. The van der Waals surface area contributed by atoms with Crippen LogP contribution in [-0.2, 0) is 9.84 Å². The first-order valence-electron chi connectivity index (χ1n) is 3.22. The summed E-state index contributed by atoms with van der Waals surface area (Å²) in [6, 6.07) is 2.41. The number of nitro groups is 1. The van der Waals surface area contributed by atoms with Gasteiger partial charge in [0.2, 0.25) is 5.03 Å². The molecule has 0 aliphatic heterocycles. The van der Waals surface area contributed by atoms with Gasteiger partial charge in [0.15, 0.2) is 9.84 Å². The molecule has 0 aliphatic rings. The van der Waals surface area contributed by atoms with Gasteiger partial charge in [0.1, 0.15) is 0 Å². The quantitative estimate of drug-likeness (QED) is 0.511. The van der Waals surface area contributed by atoms with Crippen molar-refractivity contribution in [3.05, 3.63) is 28.4 Å². The minimum Gasteiger partial charge on any atom is -0.258 e. The summed E-state index contributed by atoms with van der Waals surface area (Å²) in [6.07, 6.45) is 2.08. The maximum absolute atomic E-state index is 11.0. The molecule has 1 rings (SSSR count). The van der Waals surface area contributed by atoms with Crippen LogP contribution in [0.4, 0.5) is 5.69 Å². The van der Waals surface area contributed by atoms with Gasteiger partial charge in [-0.05, 0) is 6.07 Å². The molecule has 0 radical (unpaired) electrons. The van der Waals surface area contributed by atoms with Crippen molar-refractivity contribution in [3.8, 4) is 0 Å². The molecular formula is C6H6N2O4S. The lowest BCUT2D eigenvalue weighted by molar-refractivity contribution is -0.388. The predicted molar refractivity (Wildman–Crippen MR) is 44.0 cm³/mol. The number of aromatic nitrogens is 1. The average molecular weight is 202 g/mol. The van der Waals surface area contributed by atoms with Gasteiger partial charge in [0.25, 0.3) is 0 Å². The molecule has 1 aromatic heterocycles. The van der Waals surface area contributed by atoms with Crippen LogP contribution in [-0.4, -0.2) is 24.6 Å². The highest BCUT2D eigenvalue weighted by atomic mass is 32.2. The average Bonchev–Trinajstić information content (AvgIpc) is 2.03. The predicted octanol–water partition coefficient (Wildman–Crippen LogP) is 0.393. The lowest BCUT2D eigenvalue weighted by atomic mass is 10.4. The van der Waals surface area contributed by atoms with E-state index in [2.05, 4.69) is 4.98 Å². The van der Waals surface area contributed by atoms with Gasteiger partial charge in [0, 0.05) is 18.5 Å². The minimum absolute atomic E-state index is 0.495. The van der Waals surface area contributed by atoms with E-state index in [4.69, 9.17) is 0 Å². The number of sulfone groups is 1. The SMILES string of the molecule is CS(=O)(=O)c1ncccc1[N+](=O)[O-]. The molecule has 0 N–H and O–H groups in total. The maximum Gasteiger partial charge on any atom is 0.306 e. The molecule has 0 unspecified atom stereocenters. The summed E-state index contributed by atoms with van der Waals surface area (Å²) in [6.45, 7) is 0. The molecule has 0 spiro atoms. The summed E-state index contributed by atoms with van der Waals surface area (Å²) in [7, 11) is -3.63. The van der Waals surface area contributed by atoms with Gasteiger partial charge in [-0.3, -0.25) is 10.1 Å². The highest BCUT2D eigenvalue weighted by molar-refractivity contribution is 7.90. The van der Waals surface area contributed by atoms with Crippen molar-refractivity contribution < 1.29 is 13.3 Å². The summed E-state index contributed by atoms with van der Waals surface area (Å²) in [5, 5.41) is 9.87. The highest BCUT2D eigenvalue weighted by Crippen LogP contribution is 2.19. The van der Waals surface area contributed by atoms with E-state index in [0.717, 1.165) is 12.3 Å². The Morgan fingerprint density at radius 2 is 2.15 bits per heavy atom. The lowest BCUT2D eigenvalue weighted by Crippen LogP contribution is -2.04. The monoisotopic (exact) mass is 202 g/mol. The molecule has 0 aliphatic carbocycles. The van der Waals surface area contributed by atoms with Crippen molar-refractivity contribution in [3.63, 3.8) is 0 Å². The van der Waals surface area contributed by atoms with Gasteiger partial charge >= 0.3 is 5.69 Å². The summed E-state index contributed by atoms with van der Waals surface area (Å²) in [5.41, 5.74) is -0.495. The Morgan fingerprint density at radius 3 is 2.54 bits per heavy atom. The largest absolute Gasteiger partial charge is 0.306 e. The van der Waals surface area contributed by atoms with Crippen LogP contribution in [0, 0.1) is 10.1 Å². The third-order valence-corrected chi connectivity index (χ3v) is 2.32. The van der Waals surface area contributed by atoms with E-state index in [0.29, 0.717) is 0 Å². The van der Waals surface area contributed by atoms with Gasteiger partial charge in [-0.1, -0.05) is 0 Å². The van der Waals surface area contributed by atoms with Crippen molar-refractivity contribution in [1.82, 2.24) is 4.98 Å². The molecule has 0 aromatic carbocycles. The molecule has 0 atom stereocenters. The fraction of sp³-hybridized carbons (Fsp3) is 0.167. The number of rotatable bonds is 2. The van der Waals surface area contributed by atoms with Gasteiger partial charge < -0.3 is 0 Å². The van der Waals surface area contributed by atoms with Crippen LogP contribution in [0.25, 0.3) is 0 Å². The Hall–Kier alpha value is -1.50. The highest BCUT2D eigenvalue weighted by Gasteiger charge is 2.22. The molecule has 7 heteroatoms. The Bertz CT molecular complexity index is 440. The van der Waals surface area contributed by atoms with Crippen LogP contribution in [0.15, 0.2) is 23.4 Å². The minimum atomic E-state index is -3.63. The molecule has 70 valence electrons. The molecule has 13 heavy (non-hydrogen) atoms. The fourth-order valence-electron chi connectivity index (χ4n) is 0.807. The molecule has 0 amide bonds. The zero-order valence-corrected chi connectivity index (χ0v) is 7.48. The van der Waals surface area contributed by atoms with Gasteiger partial charge in [-0.2, -0.15) is 0 Å². The molecule has 0 fully saturated rings. The number of hydrogen-bond donors (Lipinski definition) is 0. The fourth-order valence-corrected chi connectivity index (χ4v) is 1.58. The number of nitrogens with zero attached hydrogens (tertiary/aromatic N) is 2. The Morgan fingerprint density at radius 1 is 1.54 bits per heavy atom. The van der Waals surface area contributed by atoms with E-state index in [1.165, 1.54) is 12.3 Å². The van der Waals surface area contributed by atoms with E-state index in [1.54, 1.807) is 0 Å². The van der Waals surface area contributed by atoms with E-state index in [9.17, 15) is 18.5 Å². The van der Waals surface area contributed by atoms with Crippen molar-refractivity contribution in [2.45, 2.75) is 5.03 Å². The summed E-state index contributed by atoms with van der Waals surface area (Å²) < 4.78 is 22.0. The first-order chi connectivity index (χ1) is 5.93. The normalized spacial score (nSPS) is 11.2. The van der Waals surface area contributed by atoms with Crippen LogP contribution in [0.5, 0.6) is 0 Å². The lowest BCUT2D eigenvalue weighted by Gasteiger charge is -1.97. The molecule has 0 saturated carbocycles. The number of pyridine rings is 1. The van der Waals surface area contributed by atoms with E-state index in [-0.39, 0.29) is 0 Å². The topological polar surface area (TPSA) is 90.2 Å². The Balaban J connectivity index is 3.46. The smallest absolute Gasteiger partial charge is 0.258 e. The van der Waals surface area contributed by atoms with Gasteiger partial charge in [-0.25, -0.2) is 13.4 Å². The van der Waals surface area contributed by atoms with Crippen LogP contribution >= 0.6 is 0 Å². The second-order valence-corrected chi connectivity index (χ2v) is 4.29. The maximum atomic E-state index is 11.0. The summed E-state index contributed by atoms with van der Waals surface area (Å²) in [5.74, 6) is 0. The van der Waals surface area contributed by atoms with Crippen LogP contribution in [0.3, 0.4) is 0 Å². The van der Waals surface area contributed by atoms with Crippen molar-refractivity contribution in [2.75, 3.05) is 6.26 Å². The van der Waals surface area contributed by atoms with E-state index in [1.807, 2.05) is 0 Å². The van der Waals surface area contributed by atoms with Crippen LogP contribution in [0.1, 0.15) is 0 Å². The van der Waals surface area contributed by atoms with Crippen LogP contribution < -0.4 is 0 Å². The van der Waals surface area contributed by atoms with Gasteiger partial charge in [-0.15, -0.1) is 0 Å². The second kappa shape index (κ2) is 3.09. The third kappa shape index (κ3) is 2.00. The molecule has 6 nitrogen and oxygen atoms in total. The van der Waals surface area contributed by atoms with E-state index < -0.39 is 25.5 Å². The third-order valence-electron chi connectivity index (χ3n) is 1.30. The molecule has 1 aromatic rings.